The van der Waals surface area contributed by atoms with E-state index in [4.69, 9.17) is 4.74 Å². The van der Waals surface area contributed by atoms with Crippen molar-refractivity contribution in [3.8, 4) is 0 Å². The lowest BCUT2D eigenvalue weighted by molar-refractivity contribution is -0.160. The Morgan fingerprint density at radius 2 is 2.33 bits per heavy atom. The molecule has 0 spiro atoms. The minimum atomic E-state index is -0.688. The van der Waals surface area contributed by atoms with Crippen LogP contribution in [0.1, 0.15) is 26.2 Å². The maximum absolute atomic E-state index is 10.8. The van der Waals surface area contributed by atoms with E-state index in [0.29, 0.717) is 12.8 Å². The molecule has 1 unspecified atom stereocenters. The summed E-state index contributed by atoms with van der Waals surface area (Å²) in [4.78, 5) is 21.5. The number of hydrogen-bond acceptors (Lipinski definition) is 3. The highest BCUT2D eigenvalue weighted by Crippen LogP contribution is 2.12. The summed E-state index contributed by atoms with van der Waals surface area (Å²) in [7, 11) is 0. The molecular formula is C9H12O3. The van der Waals surface area contributed by atoms with Crippen LogP contribution in [0.5, 0.6) is 0 Å². The van der Waals surface area contributed by atoms with E-state index >= 15 is 0 Å². The van der Waals surface area contributed by atoms with E-state index in [1.165, 1.54) is 0 Å². The summed E-state index contributed by atoms with van der Waals surface area (Å²) in [6, 6.07) is 0. The molecule has 0 radical (unpaired) electrons. The largest absolute Gasteiger partial charge is 0.452 e. The molecule has 0 aromatic rings. The first kappa shape index (κ1) is 8.97. The van der Waals surface area contributed by atoms with Gasteiger partial charge in [-0.25, -0.2) is 4.79 Å². The molecule has 1 aliphatic rings. The van der Waals surface area contributed by atoms with E-state index in [9.17, 15) is 9.59 Å². The van der Waals surface area contributed by atoms with Crippen LogP contribution in [0.2, 0.25) is 0 Å². The van der Waals surface area contributed by atoms with E-state index in [-0.39, 0.29) is 6.10 Å². The van der Waals surface area contributed by atoms with Crippen LogP contribution in [-0.4, -0.2) is 17.9 Å². The fourth-order valence-electron chi connectivity index (χ4n) is 1.06. The highest BCUT2D eigenvalue weighted by molar-refractivity contribution is 6.34. The summed E-state index contributed by atoms with van der Waals surface area (Å²) in [5.74, 6) is -1.09. The fourth-order valence-corrected chi connectivity index (χ4v) is 1.06. The van der Waals surface area contributed by atoms with E-state index in [1.807, 2.05) is 19.1 Å². The van der Waals surface area contributed by atoms with Crippen LogP contribution >= 0.6 is 0 Å². The number of esters is 1. The molecule has 1 rings (SSSR count). The summed E-state index contributed by atoms with van der Waals surface area (Å²) in [6.07, 6.45) is 5.45. The molecule has 0 bridgehead atoms. The summed E-state index contributed by atoms with van der Waals surface area (Å²) >= 11 is 0. The molecule has 0 amide bonds. The molecule has 0 aromatic heterocycles. The maximum atomic E-state index is 10.8. The Labute approximate surface area is 71.4 Å². The summed E-state index contributed by atoms with van der Waals surface area (Å²) in [5.41, 5.74) is 0. The first-order chi connectivity index (χ1) is 5.74. The van der Waals surface area contributed by atoms with Crippen LogP contribution in [0.3, 0.4) is 0 Å². The van der Waals surface area contributed by atoms with E-state index in [2.05, 4.69) is 0 Å². The number of carbonyl (C=O) groups excluding carboxylic acids is 2. The van der Waals surface area contributed by atoms with Gasteiger partial charge in [-0.1, -0.05) is 13.0 Å². The number of cyclic esters (lactones) is 1. The third-order valence-electron chi connectivity index (χ3n) is 1.73. The molecule has 0 aliphatic carbocycles. The van der Waals surface area contributed by atoms with E-state index in [0.717, 1.165) is 6.42 Å². The SMILES string of the molecule is CC/C=C\C1CCC(=O)C(=O)O1. The highest BCUT2D eigenvalue weighted by atomic mass is 16.5. The van der Waals surface area contributed by atoms with Crippen LogP contribution < -0.4 is 0 Å². The normalized spacial score (nSPS) is 24.6. The van der Waals surface area contributed by atoms with Crippen molar-refractivity contribution in [3.63, 3.8) is 0 Å². The number of allylic oxidation sites excluding steroid dienone is 1. The molecule has 1 atom stereocenters. The second-order valence-corrected chi connectivity index (χ2v) is 2.74. The summed E-state index contributed by atoms with van der Waals surface area (Å²) < 4.78 is 4.83. The average molecular weight is 168 g/mol. The first-order valence-electron chi connectivity index (χ1n) is 4.14. The van der Waals surface area contributed by atoms with Crippen molar-refractivity contribution in [2.75, 3.05) is 0 Å². The minimum absolute atomic E-state index is 0.185. The van der Waals surface area contributed by atoms with Gasteiger partial charge in [0.1, 0.15) is 6.10 Å². The lowest BCUT2D eigenvalue weighted by Gasteiger charge is -2.17. The third-order valence-corrected chi connectivity index (χ3v) is 1.73. The smallest absolute Gasteiger partial charge is 0.375 e. The fraction of sp³-hybridized carbons (Fsp3) is 0.556. The van der Waals surface area contributed by atoms with Crippen LogP contribution in [0.15, 0.2) is 12.2 Å². The van der Waals surface area contributed by atoms with Gasteiger partial charge in [-0.05, 0) is 18.9 Å². The first-order valence-corrected chi connectivity index (χ1v) is 4.14. The minimum Gasteiger partial charge on any atom is -0.452 e. The standard InChI is InChI=1S/C9H12O3/c1-2-3-4-7-5-6-8(10)9(11)12-7/h3-4,7H,2,5-6H2,1H3/b4-3-. The topological polar surface area (TPSA) is 43.4 Å². The van der Waals surface area contributed by atoms with Crippen LogP contribution in [0.25, 0.3) is 0 Å². The molecule has 1 saturated heterocycles. The van der Waals surface area contributed by atoms with Gasteiger partial charge in [0.25, 0.3) is 0 Å². The molecule has 1 fully saturated rings. The molecule has 3 nitrogen and oxygen atoms in total. The predicted molar refractivity (Wildman–Crippen MR) is 43.6 cm³/mol. The number of rotatable bonds is 2. The zero-order valence-electron chi connectivity index (χ0n) is 7.08. The van der Waals surface area contributed by atoms with Crippen LogP contribution in [0.4, 0.5) is 0 Å². The second kappa shape index (κ2) is 4.04. The molecule has 3 heteroatoms. The van der Waals surface area contributed by atoms with Crippen molar-refractivity contribution in [1.29, 1.82) is 0 Å². The van der Waals surface area contributed by atoms with Crippen molar-refractivity contribution in [1.82, 2.24) is 0 Å². The Morgan fingerprint density at radius 3 is 2.92 bits per heavy atom. The van der Waals surface area contributed by atoms with E-state index in [1.54, 1.807) is 0 Å². The molecular weight excluding hydrogens is 156 g/mol. The highest BCUT2D eigenvalue weighted by Gasteiger charge is 2.25. The van der Waals surface area contributed by atoms with Crippen LogP contribution in [0, 0.1) is 0 Å². The van der Waals surface area contributed by atoms with Gasteiger partial charge in [0.2, 0.25) is 5.78 Å². The lowest BCUT2D eigenvalue weighted by Crippen LogP contribution is -2.29. The molecule has 1 aliphatic heterocycles. The molecule has 0 aromatic carbocycles. The van der Waals surface area contributed by atoms with E-state index < -0.39 is 11.8 Å². The Balaban J connectivity index is 2.45. The van der Waals surface area contributed by atoms with Gasteiger partial charge in [-0.3, -0.25) is 4.79 Å². The van der Waals surface area contributed by atoms with Crippen molar-refractivity contribution < 1.29 is 14.3 Å². The van der Waals surface area contributed by atoms with Gasteiger partial charge in [-0.2, -0.15) is 0 Å². The van der Waals surface area contributed by atoms with Gasteiger partial charge >= 0.3 is 5.97 Å². The number of carbonyl (C=O) groups is 2. The Bertz CT molecular complexity index is 218. The van der Waals surface area contributed by atoms with Crippen molar-refractivity contribution in [2.45, 2.75) is 32.3 Å². The van der Waals surface area contributed by atoms with Gasteiger partial charge in [0.05, 0.1) is 0 Å². The molecule has 12 heavy (non-hydrogen) atoms. The van der Waals surface area contributed by atoms with Crippen molar-refractivity contribution in [3.05, 3.63) is 12.2 Å². The van der Waals surface area contributed by atoms with Gasteiger partial charge in [-0.15, -0.1) is 0 Å². The molecule has 0 saturated carbocycles. The Kier molecular flexibility index (Phi) is 3.02. The molecule has 66 valence electrons. The second-order valence-electron chi connectivity index (χ2n) is 2.74. The molecule has 0 N–H and O–H groups in total. The number of ether oxygens (including phenoxy) is 1. The predicted octanol–water partition coefficient (Wildman–Crippen LogP) is 1.23. The number of hydrogen-bond donors (Lipinski definition) is 0. The maximum Gasteiger partial charge on any atom is 0.375 e. The average Bonchev–Trinajstić information content (AvgIpc) is 2.07. The van der Waals surface area contributed by atoms with Crippen molar-refractivity contribution in [2.24, 2.45) is 0 Å². The number of ketones is 1. The Morgan fingerprint density at radius 1 is 1.58 bits per heavy atom. The zero-order valence-corrected chi connectivity index (χ0v) is 7.08. The summed E-state index contributed by atoms with van der Waals surface area (Å²) in [6.45, 7) is 2.01. The monoisotopic (exact) mass is 168 g/mol. The summed E-state index contributed by atoms with van der Waals surface area (Å²) in [5, 5.41) is 0. The van der Waals surface area contributed by atoms with Crippen LogP contribution in [-0.2, 0) is 14.3 Å². The zero-order chi connectivity index (χ0) is 8.97. The van der Waals surface area contributed by atoms with Crippen molar-refractivity contribution >= 4 is 11.8 Å². The number of Topliss-reactive ketones (excluding diaryl/α,β-unsaturated/α-hetero) is 1. The molecule has 1 heterocycles. The van der Waals surface area contributed by atoms with Gasteiger partial charge in [0.15, 0.2) is 0 Å². The quantitative estimate of drug-likeness (QED) is 0.354. The third kappa shape index (κ3) is 2.19. The Hall–Kier alpha value is -1.12. The van der Waals surface area contributed by atoms with Gasteiger partial charge < -0.3 is 4.74 Å². The lowest BCUT2D eigenvalue weighted by atomic mass is 10.1. The van der Waals surface area contributed by atoms with Gasteiger partial charge in [0, 0.05) is 6.42 Å².